The van der Waals surface area contributed by atoms with E-state index in [0.717, 1.165) is 5.56 Å². The van der Waals surface area contributed by atoms with E-state index in [1.807, 2.05) is 24.0 Å². The molecule has 1 saturated heterocycles. The highest BCUT2D eigenvalue weighted by molar-refractivity contribution is 14.0. The lowest BCUT2D eigenvalue weighted by atomic mass is 10.2. The van der Waals surface area contributed by atoms with Crippen molar-refractivity contribution in [1.29, 1.82) is 0 Å². The molecule has 0 bridgehead atoms. The van der Waals surface area contributed by atoms with Gasteiger partial charge >= 0.3 is 0 Å². The van der Waals surface area contributed by atoms with E-state index in [1.54, 1.807) is 26.0 Å². The van der Waals surface area contributed by atoms with Gasteiger partial charge in [-0.25, -0.2) is 8.42 Å². The van der Waals surface area contributed by atoms with Gasteiger partial charge < -0.3 is 14.7 Å². The summed E-state index contributed by atoms with van der Waals surface area (Å²) in [6.45, 7) is 7.49. The summed E-state index contributed by atoms with van der Waals surface area (Å²) < 4.78 is 29.0. The maximum Gasteiger partial charge on any atom is 0.228 e. The first-order valence-electron chi connectivity index (χ1n) is 9.56. The normalized spacial score (nSPS) is 18.0. The molecule has 0 aliphatic carbocycles. The summed E-state index contributed by atoms with van der Waals surface area (Å²) in [6.07, 6.45) is 0.491. The molecule has 2 heterocycles. The van der Waals surface area contributed by atoms with Gasteiger partial charge in [0.25, 0.3) is 0 Å². The largest absolute Gasteiger partial charge is 0.357 e. The van der Waals surface area contributed by atoms with Crippen LogP contribution in [0.25, 0.3) is 11.4 Å². The number of aromatic nitrogens is 2. The molecular formula is C19H27ClIN5O3S. The average Bonchev–Trinajstić information content (AvgIpc) is 3.13. The van der Waals surface area contributed by atoms with Crippen molar-refractivity contribution in [1.82, 2.24) is 20.4 Å². The van der Waals surface area contributed by atoms with Crippen LogP contribution in [0.4, 0.5) is 0 Å². The Kier molecular flexibility index (Phi) is 8.51. The number of halogens is 2. The Balaban J connectivity index is 0.00000320. The first-order valence-corrected chi connectivity index (χ1v) is 11.6. The van der Waals surface area contributed by atoms with Gasteiger partial charge in [-0.05, 0) is 45.0 Å². The number of guanidine groups is 1. The molecule has 2 aromatic rings. The molecular weight excluding hydrogens is 541 g/mol. The minimum Gasteiger partial charge on any atom is -0.357 e. The molecule has 0 spiro atoms. The number of rotatable bonds is 5. The predicted molar refractivity (Wildman–Crippen MR) is 129 cm³/mol. The van der Waals surface area contributed by atoms with Gasteiger partial charge in [0.15, 0.2) is 15.8 Å². The van der Waals surface area contributed by atoms with Crippen LogP contribution >= 0.6 is 35.6 Å². The fourth-order valence-corrected chi connectivity index (χ4v) is 4.57. The zero-order chi connectivity index (χ0) is 21.1. The molecule has 0 radical (unpaired) electrons. The van der Waals surface area contributed by atoms with Crippen LogP contribution in [0.3, 0.4) is 0 Å². The molecule has 0 atom stereocenters. The quantitative estimate of drug-likeness (QED) is 0.337. The minimum absolute atomic E-state index is 0. The fraction of sp³-hybridized carbons (Fsp3) is 0.526. The standard InChI is InChI=1S/C19H26ClN5O3S.HI/c1-4-21-18(25-11-12-29(26,27)19(2,3)13-25)22-10-9-16-23-17(24-28-16)14-5-7-15(20)8-6-14;/h5-8H,4,9-13H2,1-3H3,(H,21,22);1H. The second-order valence-corrected chi connectivity index (χ2v) is 10.7. The minimum atomic E-state index is -3.10. The van der Waals surface area contributed by atoms with E-state index < -0.39 is 14.6 Å². The van der Waals surface area contributed by atoms with Crippen molar-refractivity contribution in [3.63, 3.8) is 0 Å². The number of aliphatic imine (C=N–C) groups is 1. The number of hydrogen-bond donors (Lipinski definition) is 1. The molecule has 8 nitrogen and oxygen atoms in total. The third-order valence-corrected chi connectivity index (χ3v) is 7.62. The maximum absolute atomic E-state index is 12.2. The van der Waals surface area contributed by atoms with Crippen LogP contribution < -0.4 is 5.32 Å². The fourth-order valence-electron chi connectivity index (χ4n) is 3.08. The van der Waals surface area contributed by atoms with Crippen LogP contribution in [0.2, 0.25) is 5.02 Å². The molecule has 1 aliphatic rings. The molecule has 30 heavy (non-hydrogen) atoms. The second kappa shape index (κ2) is 10.3. The molecule has 1 aromatic heterocycles. The van der Waals surface area contributed by atoms with Crippen molar-refractivity contribution in [3.05, 3.63) is 35.2 Å². The topological polar surface area (TPSA) is 101 Å². The van der Waals surface area contributed by atoms with Crippen LogP contribution in [0.15, 0.2) is 33.8 Å². The number of hydrogen-bond acceptors (Lipinski definition) is 6. The lowest BCUT2D eigenvalue weighted by molar-refractivity contribution is 0.352. The summed E-state index contributed by atoms with van der Waals surface area (Å²) in [5, 5.41) is 7.90. The van der Waals surface area contributed by atoms with Gasteiger partial charge in [-0.2, -0.15) is 4.98 Å². The zero-order valence-electron chi connectivity index (χ0n) is 17.3. The molecule has 1 aromatic carbocycles. The first-order chi connectivity index (χ1) is 13.7. The van der Waals surface area contributed by atoms with Crippen LogP contribution in [-0.4, -0.2) is 66.1 Å². The zero-order valence-corrected chi connectivity index (χ0v) is 21.2. The first kappa shape index (κ1) is 24.9. The van der Waals surface area contributed by atoms with Gasteiger partial charge in [0.05, 0.1) is 17.0 Å². The number of sulfone groups is 1. The van der Waals surface area contributed by atoms with Crippen molar-refractivity contribution >= 4 is 51.4 Å². The van der Waals surface area contributed by atoms with Crippen LogP contribution in [0.1, 0.15) is 26.7 Å². The van der Waals surface area contributed by atoms with Crippen LogP contribution in [-0.2, 0) is 16.3 Å². The summed E-state index contributed by atoms with van der Waals surface area (Å²) in [6, 6.07) is 7.23. The SMILES string of the molecule is CCNC(=NCCc1nc(-c2ccc(Cl)cc2)no1)N1CCS(=O)(=O)C(C)(C)C1.I. The molecule has 3 rings (SSSR count). The summed E-state index contributed by atoms with van der Waals surface area (Å²) in [7, 11) is -3.10. The van der Waals surface area contributed by atoms with Crippen molar-refractivity contribution in [3.8, 4) is 11.4 Å². The van der Waals surface area contributed by atoms with Crippen molar-refractivity contribution in [2.75, 3.05) is 31.9 Å². The van der Waals surface area contributed by atoms with Gasteiger partial charge in [0.1, 0.15) is 0 Å². The molecule has 11 heteroatoms. The third-order valence-electron chi connectivity index (χ3n) is 4.84. The molecule has 0 saturated carbocycles. The number of benzene rings is 1. The van der Waals surface area contributed by atoms with Gasteiger partial charge in [-0.1, -0.05) is 16.8 Å². The van der Waals surface area contributed by atoms with Crippen LogP contribution in [0.5, 0.6) is 0 Å². The van der Waals surface area contributed by atoms with E-state index in [9.17, 15) is 8.42 Å². The lowest BCUT2D eigenvalue weighted by Gasteiger charge is -2.39. The van der Waals surface area contributed by atoms with Crippen molar-refractivity contribution in [2.45, 2.75) is 31.9 Å². The Bertz CT molecular complexity index is 976. The van der Waals surface area contributed by atoms with Crippen molar-refractivity contribution in [2.24, 2.45) is 4.99 Å². The maximum atomic E-state index is 12.2. The Morgan fingerprint density at radius 2 is 2.03 bits per heavy atom. The Labute approximate surface area is 199 Å². The predicted octanol–water partition coefficient (Wildman–Crippen LogP) is 3.03. The van der Waals surface area contributed by atoms with E-state index in [0.29, 0.717) is 55.3 Å². The Morgan fingerprint density at radius 1 is 1.33 bits per heavy atom. The van der Waals surface area contributed by atoms with Crippen LogP contribution in [0, 0.1) is 0 Å². The van der Waals surface area contributed by atoms with E-state index >= 15 is 0 Å². The molecule has 1 fully saturated rings. The van der Waals surface area contributed by atoms with Gasteiger partial charge in [-0.3, -0.25) is 4.99 Å². The molecule has 0 unspecified atom stereocenters. The van der Waals surface area contributed by atoms with Gasteiger partial charge in [0, 0.05) is 36.6 Å². The number of nitrogens with zero attached hydrogens (tertiary/aromatic N) is 4. The second-order valence-electron chi connectivity index (χ2n) is 7.50. The molecule has 1 N–H and O–H groups in total. The summed E-state index contributed by atoms with van der Waals surface area (Å²) in [5.41, 5.74) is 0.831. The highest BCUT2D eigenvalue weighted by atomic mass is 127. The summed E-state index contributed by atoms with van der Waals surface area (Å²) >= 11 is 5.90. The molecule has 166 valence electrons. The van der Waals surface area contributed by atoms with Gasteiger partial charge in [0.2, 0.25) is 11.7 Å². The van der Waals surface area contributed by atoms with Crippen molar-refractivity contribution < 1.29 is 12.9 Å². The van der Waals surface area contributed by atoms with E-state index in [2.05, 4.69) is 20.4 Å². The monoisotopic (exact) mass is 567 g/mol. The Morgan fingerprint density at radius 3 is 2.67 bits per heavy atom. The lowest BCUT2D eigenvalue weighted by Crippen LogP contribution is -2.57. The van der Waals surface area contributed by atoms with E-state index in [1.165, 1.54) is 0 Å². The molecule has 0 amide bonds. The molecule has 1 aliphatic heterocycles. The highest BCUT2D eigenvalue weighted by Crippen LogP contribution is 2.24. The third kappa shape index (κ3) is 5.85. The van der Waals surface area contributed by atoms with Gasteiger partial charge in [-0.15, -0.1) is 24.0 Å². The smallest absolute Gasteiger partial charge is 0.228 e. The highest BCUT2D eigenvalue weighted by Gasteiger charge is 2.40. The summed E-state index contributed by atoms with van der Waals surface area (Å²) in [4.78, 5) is 11.0. The van der Waals surface area contributed by atoms with E-state index in [-0.39, 0.29) is 29.7 Å². The van der Waals surface area contributed by atoms with E-state index in [4.69, 9.17) is 16.1 Å². The average molecular weight is 568 g/mol. The number of nitrogens with one attached hydrogen (secondary N) is 1. The Hall–Kier alpha value is -1.40. The summed E-state index contributed by atoms with van der Waals surface area (Å²) in [5.74, 6) is 1.83.